The van der Waals surface area contributed by atoms with Crippen LogP contribution in [0.25, 0.3) is 0 Å². The lowest BCUT2D eigenvalue weighted by Crippen LogP contribution is -2.31. The molecule has 0 radical (unpaired) electrons. The first-order valence-corrected chi connectivity index (χ1v) is 8.73. The molecule has 1 aliphatic rings. The number of aryl methyl sites for hydroxylation is 1. The van der Waals surface area contributed by atoms with E-state index in [1.54, 1.807) is 19.1 Å². The third kappa shape index (κ3) is 4.59. The van der Waals surface area contributed by atoms with Crippen molar-refractivity contribution in [2.75, 3.05) is 13.1 Å². The van der Waals surface area contributed by atoms with Crippen molar-refractivity contribution in [3.63, 3.8) is 0 Å². The number of nitrogens with zero attached hydrogens (tertiary/aromatic N) is 1. The van der Waals surface area contributed by atoms with Gasteiger partial charge in [0.25, 0.3) is 0 Å². The Balaban J connectivity index is 2.25. The van der Waals surface area contributed by atoms with Gasteiger partial charge in [0.05, 0.1) is 11.4 Å². The van der Waals surface area contributed by atoms with Crippen LogP contribution in [0, 0.1) is 18.8 Å². The second-order valence-electron chi connectivity index (χ2n) is 5.56. The van der Waals surface area contributed by atoms with Gasteiger partial charge in [-0.25, -0.2) is 8.42 Å². The quantitative estimate of drug-likeness (QED) is 0.617. The van der Waals surface area contributed by atoms with Crippen molar-refractivity contribution in [1.29, 1.82) is 0 Å². The Bertz CT molecular complexity index is 741. The Kier molecular flexibility index (Phi) is 5.23. The topological polar surface area (TPSA) is 37.4 Å². The Morgan fingerprint density at radius 3 is 2.50 bits per heavy atom. The van der Waals surface area contributed by atoms with Crippen LogP contribution in [0.15, 0.2) is 53.0 Å². The molecule has 22 heavy (non-hydrogen) atoms. The van der Waals surface area contributed by atoms with Gasteiger partial charge in [-0.3, -0.25) is 0 Å². The van der Waals surface area contributed by atoms with E-state index in [1.165, 1.54) is 9.88 Å². The zero-order valence-electron chi connectivity index (χ0n) is 13.1. The molecule has 0 unspecified atom stereocenters. The highest BCUT2D eigenvalue weighted by Crippen LogP contribution is 2.27. The molecule has 0 amide bonds. The predicted octanol–water partition coefficient (Wildman–Crippen LogP) is 3.29. The summed E-state index contributed by atoms with van der Waals surface area (Å²) in [5, 5.41) is 0. The van der Waals surface area contributed by atoms with Crippen LogP contribution in [0.2, 0.25) is 0 Å². The fourth-order valence-electron chi connectivity index (χ4n) is 1.89. The predicted molar refractivity (Wildman–Crippen MR) is 89.8 cm³/mol. The van der Waals surface area contributed by atoms with Crippen LogP contribution in [-0.4, -0.2) is 25.8 Å². The second-order valence-corrected chi connectivity index (χ2v) is 7.49. The number of benzene rings is 1. The van der Waals surface area contributed by atoms with Crippen LogP contribution in [0.5, 0.6) is 0 Å². The highest BCUT2D eigenvalue weighted by Gasteiger charge is 2.23. The van der Waals surface area contributed by atoms with Crippen molar-refractivity contribution in [3.8, 4) is 11.8 Å². The molecule has 0 aliphatic heterocycles. The van der Waals surface area contributed by atoms with E-state index < -0.39 is 10.0 Å². The zero-order valence-corrected chi connectivity index (χ0v) is 13.9. The summed E-state index contributed by atoms with van der Waals surface area (Å²) >= 11 is 0. The first kappa shape index (κ1) is 16.5. The monoisotopic (exact) mass is 315 g/mol. The maximum absolute atomic E-state index is 12.8. The Hall–Kier alpha value is -1.83. The second kappa shape index (κ2) is 6.95. The summed E-state index contributed by atoms with van der Waals surface area (Å²) in [5.41, 5.74) is 3.08. The highest BCUT2D eigenvalue weighted by atomic mass is 32.2. The molecule has 4 heteroatoms. The minimum Gasteiger partial charge on any atom is -0.207 e. The van der Waals surface area contributed by atoms with Crippen molar-refractivity contribution in [1.82, 2.24) is 4.31 Å². The van der Waals surface area contributed by atoms with Crippen LogP contribution < -0.4 is 0 Å². The van der Waals surface area contributed by atoms with Crippen LogP contribution >= 0.6 is 0 Å². The van der Waals surface area contributed by atoms with E-state index in [4.69, 9.17) is 0 Å². The van der Waals surface area contributed by atoms with Crippen LogP contribution in [0.3, 0.4) is 0 Å². The minimum absolute atomic E-state index is 0.173. The van der Waals surface area contributed by atoms with E-state index in [0.717, 1.165) is 24.0 Å². The third-order valence-corrected chi connectivity index (χ3v) is 5.16. The van der Waals surface area contributed by atoms with Gasteiger partial charge in [0, 0.05) is 6.54 Å². The summed E-state index contributed by atoms with van der Waals surface area (Å²) in [6.45, 7) is 8.00. The molecule has 0 aromatic heterocycles. The lowest BCUT2D eigenvalue weighted by atomic mass is 10.2. The molecule has 1 aromatic rings. The van der Waals surface area contributed by atoms with Crippen LogP contribution in [0.1, 0.15) is 25.3 Å². The van der Waals surface area contributed by atoms with E-state index >= 15 is 0 Å². The molecule has 1 aliphatic carbocycles. The van der Waals surface area contributed by atoms with Crippen molar-refractivity contribution >= 4 is 10.0 Å². The number of hydrogen-bond donors (Lipinski definition) is 0. The smallest absolute Gasteiger partial charge is 0.207 e. The van der Waals surface area contributed by atoms with Crippen LogP contribution in [0.4, 0.5) is 0 Å². The summed E-state index contributed by atoms with van der Waals surface area (Å²) in [7, 11) is -3.53. The van der Waals surface area contributed by atoms with Crippen molar-refractivity contribution in [3.05, 3.63) is 53.6 Å². The van der Waals surface area contributed by atoms with E-state index in [0.29, 0.717) is 11.4 Å². The number of allylic oxidation sites excluding steroid dienone is 2. The molecule has 1 aromatic carbocycles. The lowest BCUT2D eigenvalue weighted by molar-refractivity contribution is 0.477. The number of rotatable bonds is 5. The molecule has 0 spiro atoms. The molecule has 1 saturated carbocycles. The fourth-order valence-corrected chi connectivity index (χ4v) is 3.18. The normalized spacial score (nSPS) is 13.5. The summed E-state index contributed by atoms with van der Waals surface area (Å²) in [6, 6.07) is 6.91. The summed E-state index contributed by atoms with van der Waals surface area (Å²) in [6.07, 6.45) is 4.15. The van der Waals surface area contributed by atoms with Gasteiger partial charge in [0.15, 0.2) is 0 Å². The average Bonchev–Trinajstić information content (AvgIpc) is 3.26. The zero-order chi connectivity index (χ0) is 16.2. The lowest BCUT2D eigenvalue weighted by Gasteiger charge is -2.18. The average molecular weight is 315 g/mol. The summed E-state index contributed by atoms with van der Waals surface area (Å²) in [5.74, 6) is 5.72. The van der Waals surface area contributed by atoms with Crippen molar-refractivity contribution in [2.24, 2.45) is 0 Å². The maximum atomic E-state index is 12.8. The summed E-state index contributed by atoms with van der Waals surface area (Å²) < 4.78 is 26.9. The molecule has 0 saturated heterocycles. The van der Waals surface area contributed by atoms with Gasteiger partial charge in [0.1, 0.15) is 0 Å². The van der Waals surface area contributed by atoms with Gasteiger partial charge in [0.2, 0.25) is 10.0 Å². The Morgan fingerprint density at radius 1 is 1.32 bits per heavy atom. The first-order valence-electron chi connectivity index (χ1n) is 7.28. The molecular weight excluding hydrogens is 294 g/mol. The maximum Gasteiger partial charge on any atom is 0.244 e. The molecule has 3 nitrogen and oxygen atoms in total. The van der Waals surface area contributed by atoms with Gasteiger partial charge in [-0.05, 0) is 44.4 Å². The van der Waals surface area contributed by atoms with Crippen molar-refractivity contribution < 1.29 is 8.42 Å². The van der Waals surface area contributed by atoms with E-state index in [2.05, 4.69) is 18.4 Å². The highest BCUT2D eigenvalue weighted by molar-refractivity contribution is 7.89. The van der Waals surface area contributed by atoms with Gasteiger partial charge >= 0.3 is 0 Å². The van der Waals surface area contributed by atoms with E-state index in [-0.39, 0.29) is 6.54 Å². The Labute approximate surface area is 133 Å². The molecule has 0 bridgehead atoms. The minimum atomic E-state index is -3.53. The molecule has 2 rings (SSSR count). The SMILES string of the molecule is C=C(C)C#CCN(CC=C1CC1)S(=O)(=O)c1ccc(C)cc1. The molecule has 0 N–H and O–H groups in total. The molecule has 0 atom stereocenters. The van der Waals surface area contributed by atoms with E-state index in [9.17, 15) is 8.42 Å². The molecule has 0 heterocycles. The van der Waals surface area contributed by atoms with Crippen LogP contribution in [-0.2, 0) is 10.0 Å². The van der Waals surface area contributed by atoms with Crippen molar-refractivity contribution in [2.45, 2.75) is 31.6 Å². The molecular formula is C18H21NO2S. The number of hydrogen-bond acceptors (Lipinski definition) is 2. The van der Waals surface area contributed by atoms with Gasteiger partial charge in [-0.15, -0.1) is 0 Å². The Morgan fingerprint density at radius 2 is 1.95 bits per heavy atom. The molecule has 116 valence electrons. The first-order chi connectivity index (χ1) is 10.4. The number of sulfonamides is 1. The molecule has 1 fully saturated rings. The van der Waals surface area contributed by atoms with Gasteiger partial charge in [-0.1, -0.05) is 47.8 Å². The largest absolute Gasteiger partial charge is 0.244 e. The van der Waals surface area contributed by atoms with Gasteiger partial charge < -0.3 is 0 Å². The van der Waals surface area contributed by atoms with E-state index in [1.807, 2.05) is 25.1 Å². The fraction of sp³-hybridized carbons (Fsp3) is 0.333. The van der Waals surface area contributed by atoms with Gasteiger partial charge in [-0.2, -0.15) is 4.31 Å². The summed E-state index contributed by atoms with van der Waals surface area (Å²) in [4.78, 5) is 0.310. The standard InChI is InChI=1S/C18H21NO2S/c1-15(2)5-4-13-19(14-12-17-8-9-17)22(20,21)18-10-6-16(3)7-11-18/h6-7,10-12H,1,8-9,13-14H2,2-3H3. The third-order valence-electron chi connectivity index (χ3n) is 3.34.